The van der Waals surface area contributed by atoms with E-state index in [1.54, 1.807) is 17.0 Å². The van der Waals surface area contributed by atoms with Crippen LogP contribution in [0.2, 0.25) is 0 Å². The molecule has 1 N–H and O–H groups in total. The standard InChI is InChI=1S/C32H40F3N5O4/c1-29(2,3)22-9-7-8-10-24(22)42-25-12-11-21(17-23(25)32(33,34)35)27-37-26(44-38-27)18-39-19-31(36-20-39)13-15-40(16-14-31)28(41)43-30(4,5)6/h7-12,17,36H,13-16,18-20H2,1-6H3. The van der Waals surface area contributed by atoms with Crippen LogP contribution in [0.25, 0.3) is 11.4 Å². The van der Waals surface area contributed by atoms with Gasteiger partial charge in [0.1, 0.15) is 17.1 Å². The molecule has 3 heterocycles. The molecule has 2 saturated heterocycles. The number of halogens is 3. The molecule has 1 spiro atoms. The Hall–Kier alpha value is -3.64. The number of rotatable bonds is 5. The Labute approximate surface area is 255 Å². The lowest BCUT2D eigenvalue weighted by Crippen LogP contribution is -2.53. The molecular weight excluding hydrogens is 575 g/mol. The molecule has 2 aliphatic rings. The van der Waals surface area contributed by atoms with E-state index in [1.165, 1.54) is 12.1 Å². The minimum absolute atomic E-state index is 0.0691. The van der Waals surface area contributed by atoms with Crippen molar-refractivity contribution in [3.63, 3.8) is 0 Å². The maximum Gasteiger partial charge on any atom is 0.420 e. The van der Waals surface area contributed by atoms with Crippen LogP contribution in [0.15, 0.2) is 47.0 Å². The van der Waals surface area contributed by atoms with E-state index in [2.05, 4.69) is 20.4 Å². The number of carbonyl (C=O) groups excluding carboxylic acids is 1. The molecule has 3 aromatic rings. The highest BCUT2D eigenvalue weighted by molar-refractivity contribution is 5.68. The van der Waals surface area contributed by atoms with Crippen molar-refractivity contribution in [3.05, 3.63) is 59.5 Å². The summed E-state index contributed by atoms with van der Waals surface area (Å²) in [5.74, 6) is 0.443. The van der Waals surface area contributed by atoms with E-state index in [9.17, 15) is 18.0 Å². The minimum atomic E-state index is -4.66. The van der Waals surface area contributed by atoms with E-state index < -0.39 is 17.3 Å². The van der Waals surface area contributed by atoms with E-state index in [-0.39, 0.29) is 34.2 Å². The van der Waals surface area contributed by atoms with Crippen molar-refractivity contribution in [3.8, 4) is 22.9 Å². The van der Waals surface area contributed by atoms with Crippen LogP contribution in [0.3, 0.4) is 0 Å². The number of para-hydroxylation sites is 1. The molecule has 0 atom stereocenters. The maximum absolute atomic E-state index is 14.2. The molecule has 2 aliphatic heterocycles. The lowest BCUT2D eigenvalue weighted by molar-refractivity contribution is -0.138. The third-order valence-corrected chi connectivity index (χ3v) is 7.86. The summed E-state index contributed by atoms with van der Waals surface area (Å²) in [5.41, 5.74) is -0.961. The monoisotopic (exact) mass is 615 g/mol. The van der Waals surface area contributed by atoms with Crippen LogP contribution in [0.1, 0.15) is 71.4 Å². The van der Waals surface area contributed by atoms with Crippen LogP contribution in [0.5, 0.6) is 11.5 Å². The molecular formula is C32H40F3N5O4. The summed E-state index contributed by atoms with van der Waals surface area (Å²) in [6, 6.07) is 10.9. The van der Waals surface area contributed by atoms with Crippen LogP contribution in [-0.4, -0.2) is 63.5 Å². The summed E-state index contributed by atoms with van der Waals surface area (Å²) < 4.78 is 59.3. The van der Waals surface area contributed by atoms with E-state index in [1.807, 2.05) is 53.7 Å². The van der Waals surface area contributed by atoms with Gasteiger partial charge in [-0.05, 0) is 63.3 Å². The fourth-order valence-corrected chi connectivity index (χ4v) is 5.61. The van der Waals surface area contributed by atoms with Crippen molar-refractivity contribution in [2.75, 3.05) is 26.3 Å². The topological polar surface area (TPSA) is 93.0 Å². The van der Waals surface area contributed by atoms with Gasteiger partial charge in [0.25, 0.3) is 0 Å². The van der Waals surface area contributed by atoms with Crippen LogP contribution in [0.4, 0.5) is 18.0 Å². The molecule has 5 rings (SSSR count). The van der Waals surface area contributed by atoms with Gasteiger partial charge in [0.15, 0.2) is 0 Å². The highest BCUT2D eigenvalue weighted by Crippen LogP contribution is 2.42. The van der Waals surface area contributed by atoms with Crippen molar-refractivity contribution in [2.45, 2.75) is 83.7 Å². The first-order valence-electron chi connectivity index (χ1n) is 14.8. The van der Waals surface area contributed by atoms with Crippen molar-refractivity contribution < 1.29 is 32.0 Å². The van der Waals surface area contributed by atoms with Crippen LogP contribution in [0, 0.1) is 0 Å². The Morgan fingerprint density at radius 3 is 2.34 bits per heavy atom. The number of alkyl halides is 3. The van der Waals surface area contributed by atoms with Gasteiger partial charge in [-0.3, -0.25) is 10.2 Å². The number of nitrogens with one attached hydrogen (secondary N) is 1. The number of likely N-dealkylation sites (tertiary alicyclic amines) is 1. The average molecular weight is 616 g/mol. The highest BCUT2D eigenvalue weighted by atomic mass is 19.4. The summed E-state index contributed by atoms with van der Waals surface area (Å²) in [6.07, 6.45) is -3.42. The number of benzene rings is 2. The predicted molar refractivity (Wildman–Crippen MR) is 158 cm³/mol. The van der Waals surface area contributed by atoms with Crippen molar-refractivity contribution in [2.24, 2.45) is 0 Å². The summed E-state index contributed by atoms with van der Waals surface area (Å²) in [7, 11) is 0. The first-order chi connectivity index (χ1) is 20.5. The molecule has 0 unspecified atom stereocenters. The summed E-state index contributed by atoms with van der Waals surface area (Å²) in [5, 5.41) is 7.55. The van der Waals surface area contributed by atoms with Gasteiger partial charge in [0.2, 0.25) is 11.7 Å². The Kier molecular flexibility index (Phi) is 8.45. The van der Waals surface area contributed by atoms with Gasteiger partial charge >= 0.3 is 12.3 Å². The number of nitrogens with zero attached hydrogens (tertiary/aromatic N) is 4. The number of carbonyl (C=O) groups is 1. The lowest BCUT2D eigenvalue weighted by Gasteiger charge is -2.39. The van der Waals surface area contributed by atoms with Crippen molar-refractivity contribution in [1.82, 2.24) is 25.3 Å². The third-order valence-electron chi connectivity index (χ3n) is 7.86. The van der Waals surface area contributed by atoms with Crippen LogP contribution >= 0.6 is 0 Å². The molecule has 44 heavy (non-hydrogen) atoms. The molecule has 1 aromatic heterocycles. The minimum Gasteiger partial charge on any atom is -0.456 e. The molecule has 0 bridgehead atoms. The molecule has 9 nitrogen and oxygen atoms in total. The van der Waals surface area contributed by atoms with Crippen LogP contribution in [-0.2, 0) is 22.9 Å². The molecule has 0 radical (unpaired) electrons. The zero-order valence-electron chi connectivity index (χ0n) is 26.0. The van der Waals surface area contributed by atoms with Crippen LogP contribution < -0.4 is 10.1 Å². The molecule has 2 aromatic carbocycles. The maximum atomic E-state index is 14.2. The van der Waals surface area contributed by atoms with Crippen molar-refractivity contribution >= 4 is 6.09 Å². The van der Waals surface area contributed by atoms with Gasteiger partial charge in [-0.25, -0.2) is 4.79 Å². The lowest BCUT2D eigenvalue weighted by atomic mass is 9.86. The number of hydrogen-bond acceptors (Lipinski definition) is 8. The van der Waals surface area contributed by atoms with Gasteiger partial charge in [-0.15, -0.1) is 0 Å². The van der Waals surface area contributed by atoms with Gasteiger partial charge in [-0.1, -0.05) is 44.1 Å². The van der Waals surface area contributed by atoms with E-state index >= 15 is 0 Å². The molecule has 0 saturated carbocycles. The Balaban J connectivity index is 1.25. The Bertz CT molecular complexity index is 1480. The second-order valence-corrected chi connectivity index (χ2v) is 13.6. The summed E-state index contributed by atoms with van der Waals surface area (Å²) >= 11 is 0. The first kappa shape index (κ1) is 31.8. The molecule has 238 valence electrons. The second kappa shape index (κ2) is 11.7. The van der Waals surface area contributed by atoms with Gasteiger partial charge < -0.3 is 18.9 Å². The zero-order valence-corrected chi connectivity index (χ0v) is 26.0. The average Bonchev–Trinajstić information content (AvgIpc) is 3.55. The molecule has 12 heteroatoms. The largest absolute Gasteiger partial charge is 0.456 e. The van der Waals surface area contributed by atoms with E-state index in [0.717, 1.165) is 24.5 Å². The zero-order chi connectivity index (χ0) is 31.9. The number of hydrogen-bond donors (Lipinski definition) is 1. The molecule has 2 fully saturated rings. The SMILES string of the molecule is CC(C)(C)OC(=O)N1CCC2(CC1)CN(Cc1nc(-c3ccc(Oc4ccccc4C(C)(C)C)c(C(F)(F)F)c3)no1)CN2. The Morgan fingerprint density at radius 2 is 1.68 bits per heavy atom. The van der Waals surface area contributed by atoms with Gasteiger partial charge in [-0.2, -0.15) is 18.2 Å². The van der Waals surface area contributed by atoms with E-state index in [0.29, 0.717) is 44.5 Å². The number of aromatic nitrogens is 2. The van der Waals surface area contributed by atoms with Gasteiger partial charge in [0, 0.05) is 43.0 Å². The second-order valence-electron chi connectivity index (χ2n) is 13.6. The normalized spacial score (nSPS) is 17.7. The number of amides is 1. The van der Waals surface area contributed by atoms with E-state index in [4.69, 9.17) is 14.0 Å². The fourth-order valence-electron chi connectivity index (χ4n) is 5.61. The fraction of sp³-hybridized carbons (Fsp3) is 0.531. The summed E-state index contributed by atoms with van der Waals surface area (Å²) in [6.45, 7) is 14.3. The number of ether oxygens (including phenoxy) is 2. The highest BCUT2D eigenvalue weighted by Gasteiger charge is 2.42. The van der Waals surface area contributed by atoms with Crippen molar-refractivity contribution in [1.29, 1.82) is 0 Å². The predicted octanol–water partition coefficient (Wildman–Crippen LogP) is 6.98. The Morgan fingerprint density at radius 1 is 1.00 bits per heavy atom. The smallest absolute Gasteiger partial charge is 0.420 e. The third kappa shape index (κ3) is 7.35. The molecule has 1 amide bonds. The van der Waals surface area contributed by atoms with Gasteiger partial charge in [0.05, 0.1) is 12.1 Å². The summed E-state index contributed by atoms with van der Waals surface area (Å²) in [4.78, 5) is 20.7. The molecule has 0 aliphatic carbocycles. The number of piperidine rings is 1. The first-order valence-corrected chi connectivity index (χ1v) is 14.8. The quantitative estimate of drug-likeness (QED) is 0.329.